The van der Waals surface area contributed by atoms with Gasteiger partial charge in [-0.05, 0) is 43.9 Å². The topological polar surface area (TPSA) is 41.6 Å². The summed E-state index contributed by atoms with van der Waals surface area (Å²) in [6.07, 6.45) is 4.13. The van der Waals surface area contributed by atoms with Crippen LogP contribution in [0.25, 0.3) is 0 Å². The van der Waals surface area contributed by atoms with E-state index in [1.165, 1.54) is 12.1 Å². The molecule has 2 aliphatic rings. The van der Waals surface area contributed by atoms with Crippen molar-refractivity contribution in [3.8, 4) is 0 Å². The van der Waals surface area contributed by atoms with E-state index in [0.29, 0.717) is 0 Å². The van der Waals surface area contributed by atoms with Gasteiger partial charge in [0.1, 0.15) is 0 Å². The standard InChI is InChI=1S/C17H21BrN2O2/c18-13-4-3-5-14(12-13)19-17(21)15-6-1-2-7-16(15)20-8-10-22-11-9-20/h3-5,12H,1-2,6-11H2,(H,19,21). The molecule has 22 heavy (non-hydrogen) atoms. The highest BCUT2D eigenvalue weighted by Crippen LogP contribution is 2.29. The summed E-state index contributed by atoms with van der Waals surface area (Å²) < 4.78 is 6.39. The van der Waals surface area contributed by atoms with E-state index >= 15 is 0 Å². The third-order valence-corrected chi connectivity index (χ3v) is 4.68. The van der Waals surface area contributed by atoms with Gasteiger partial charge in [-0.3, -0.25) is 4.79 Å². The van der Waals surface area contributed by atoms with E-state index in [9.17, 15) is 4.79 Å². The second kappa shape index (κ2) is 7.29. The molecule has 1 aliphatic carbocycles. The Hall–Kier alpha value is -1.33. The van der Waals surface area contributed by atoms with Crippen LogP contribution in [0.15, 0.2) is 40.0 Å². The van der Waals surface area contributed by atoms with Crippen LogP contribution in [0, 0.1) is 0 Å². The Morgan fingerprint density at radius 3 is 2.73 bits per heavy atom. The van der Waals surface area contributed by atoms with Crippen molar-refractivity contribution < 1.29 is 9.53 Å². The number of hydrogen-bond acceptors (Lipinski definition) is 3. The van der Waals surface area contributed by atoms with Gasteiger partial charge >= 0.3 is 0 Å². The van der Waals surface area contributed by atoms with E-state index in [2.05, 4.69) is 26.1 Å². The number of allylic oxidation sites excluding steroid dienone is 1. The summed E-state index contributed by atoms with van der Waals surface area (Å²) >= 11 is 3.44. The molecule has 1 fully saturated rings. The van der Waals surface area contributed by atoms with Crippen LogP contribution in [0.1, 0.15) is 25.7 Å². The van der Waals surface area contributed by atoms with Gasteiger partial charge < -0.3 is 15.0 Å². The Balaban J connectivity index is 1.79. The third-order valence-electron chi connectivity index (χ3n) is 4.19. The van der Waals surface area contributed by atoms with E-state index in [0.717, 1.165) is 61.3 Å². The SMILES string of the molecule is O=C(Nc1cccc(Br)c1)C1=C(N2CCOCC2)CCCC1. The number of nitrogens with one attached hydrogen (secondary N) is 1. The van der Waals surface area contributed by atoms with Gasteiger partial charge in [0.05, 0.1) is 13.2 Å². The van der Waals surface area contributed by atoms with E-state index in [1.807, 2.05) is 24.3 Å². The van der Waals surface area contributed by atoms with Crippen LogP contribution >= 0.6 is 15.9 Å². The second-order valence-corrected chi connectivity index (χ2v) is 6.61. The van der Waals surface area contributed by atoms with Crippen LogP contribution in [0.3, 0.4) is 0 Å². The molecule has 1 saturated heterocycles. The van der Waals surface area contributed by atoms with Crippen LogP contribution in [0.4, 0.5) is 5.69 Å². The van der Waals surface area contributed by atoms with Crippen molar-refractivity contribution in [2.45, 2.75) is 25.7 Å². The predicted molar refractivity (Wildman–Crippen MR) is 90.7 cm³/mol. The number of rotatable bonds is 3. The summed E-state index contributed by atoms with van der Waals surface area (Å²) in [5.74, 6) is 0.0410. The highest BCUT2D eigenvalue weighted by atomic mass is 79.9. The molecule has 0 spiro atoms. The van der Waals surface area contributed by atoms with E-state index < -0.39 is 0 Å². The largest absolute Gasteiger partial charge is 0.378 e. The molecule has 0 saturated carbocycles. The molecule has 0 atom stereocenters. The lowest BCUT2D eigenvalue weighted by Gasteiger charge is -2.34. The number of morpholine rings is 1. The molecule has 0 unspecified atom stereocenters. The molecular weight excluding hydrogens is 344 g/mol. The van der Waals surface area contributed by atoms with Gasteiger partial charge in [-0.15, -0.1) is 0 Å². The van der Waals surface area contributed by atoms with Crippen LogP contribution in [-0.2, 0) is 9.53 Å². The van der Waals surface area contributed by atoms with Crippen LogP contribution in [-0.4, -0.2) is 37.1 Å². The molecule has 1 aromatic carbocycles. The molecule has 0 aromatic heterocycles. The summed E-state index contributed by atoms with van der Waals surface area (Å²) in [5.41, 5.74) is 3.01. The number of nitrogens with zero attached hydrogens (tertiary/aromatic N) is 1. The van der Waals surface area contributed by atoms with Crippen molar-refractivity contribution >= 4 is 27.5 Å². The zero-order valence-electron chi connectivity index (χ0n) is 12.6. The van der Waals surface area contributed by atoms with Gasteiger partial charge in [0, 0.05) is 34.5 Å². The highest BCUT2D eigenvalue weighted by molar-refractivity contribution is 9.10. The Bertz CT molecular complexity index is 580. The number of carbonyl (C=O) groups is 1. The van der Waals surface area contributed by atoms with E-state index in [-0.39, 0.29) is 5.91 Å². The molecule has 3 rings (SSSR count). The first-order valence-corrected chi connectivity index (χ1v) is 8.65. The monoisotopic (exact) mass is 364 g/mol. The Morgan fingerprint density at radius 2 is 1.95 bits per heavy atom. The van der Waals surface area contributed by atoms with E-state index in [1.54, 1.807) is 0 Å². The Labute approximate surface area is 139 Å². The second-order valence-electron chi connectivity index (χ2n) is 5.70. The first-order chi connectivity index (χ1) is 10.7. The first kappa shape index (κ1) is 15.6. The van der Waals surface area contributed by atoms with Crippen LogP contribution in [0.2, 0.25) is 0 Å². The predicted octanol–water partition coefficient (Wildman–Crippen LogP) is 3.55. The molecule has 5 heteroatoms. The zero-order chi connectivity index (χ0) is 15.4. The maximum Gasteiger partial charge on any atom is 0.253 e. The lowest BCUT2D eigenvalue weighted by molar-refractivity contribution is -0.113. The minimum Gasteiger partial charge on any atom is -0.378 e. The lowest BCUT2D eigenvalue weighted by Crippen LogP contribution is -2.38. The van der Waals surface area contributed by atoms with Gasteiger partial charge in [0.25, 0.3) is 5.91 Å². The van der Waals surface area contributed by atoms with Crippen molar-refractivity contribution in [3.05, 3.63) is 40.0 Å². The molecule has 118 valence electrons. The Kier molecular flexibility index (Phi) is 5.16. The number of ether oxygens (including phenoxy) is 1. The number of benzene rings is 1. The summed E-state index contributed by atoms with van der Waals surface area (Å²) in [6, 6.07) is 7.72. The summed E-state index contributed by atoms with van der Waals surface area (Å²) in [4.78, 5) is 15.0. The number of carbonyl (C=O) groups excluding carboxylic acids is 1. The number of halogens is 1. The van der Waals surface area contributed by atoms with Gasteiger partial charge in [0.2, 0.25) is 0 Å². The van der Waals surface area contributed by atoms with Gasteiger partial charge in [0.15, 0.2) is 0 Å². The smallest absolute Gasteiger partial charge is 0.253 e. The molecular formula is C17H21BrN2O2. The lowest BCUT2D eigenvalue weighted by atomic mass is 9.94. The molecule has 0 bridgehead atoms. The fourth-order valence-corrected chi connectivity index (χ4v) is 3.49. The maximum absolute atomic E-state index is 12.7. The minimum absolute atomic E-state index is 0.0410. The van der Waals surface area contributed by atoms with Crippen LogP contribution in [0.5, 0.6) is 0 Å². The molecule has 1 amide bonds. The number of hydrogen-bond donors (Lipinski definition) is 1. The third kappa shape index (κ3) is 3.70. The minimum atomic E-state index is 0.0410. The Morgan fingerprint density at radius 1 is 1.18 bits per heavy atom. The fraction of sp³-hybridized carbons (Fsp3) is 0.471. The van der Waals surface area contributed by atoms with Gasteiger partial charge in [-0.1, -0.05) is 22.0 Å². The number of amides is 1. The molecule has 1 aliphatic heterocycles. The quantitative estimate of drug-likeness (QED) is 0.891. The highest BCUT2D eigenvalue weighted by Gasteiger charge is 2.24. The average molecular weight is 365 g/mol. The van der Waals surface area contributed by atoms with Crippen molar-refractivity contribution in [3.63, 3.8) is 0 Å². The summed E-state index contributed by atoms with van der Waals surface area (Å²) in [5, 5.41) is 3.04. The van der Waals surface area contributed by atoms with Crippen molar-refractivity contribution in [1.82, 2.24) is 4.90 Å². The molecule has 1 N–H and O–H groups in total. The molecule has 0 radical (unpaired) electrons. The van der Waals surface area contributed by atoms with Crippen LogP contribution < -0.4 is 5.32 Å². The fourth-order valence-electron chi connectivity index (χ4n) is 3.09. The zero-order valence-corrected chi connectivity index (χ0v) is 14.2. The molecule has 1 aromatic rings. The van der Waals surface area contributed by atoms with Gasteiger partial charge in [-0.2, -0.15) is 0 Å². The normalized spacial score (nSPS) is 19.2. The number of anilines is 1. The van der Waals surface area contributed by atoms with Crippen molar-refractivity contribution in [1.29, 1.82) is 0 Å². The van der Waals surface area contributed by atoms with Gasteiger partial charge in [-0.25, -0.2) is 0 Å². The summed E-state index contributed by atoms with van der Waals surface area (Å²) in [7, 11) is 0. The summed E-state index contributed by atoms with van der Waals surface area (Å²) in [6.45, 7) is 3.29. The maximum atomic E-state index is 12.7. The first-order valence-electron chi connectivity index (χ1n) is 7.85. The van der Waals surface area contributed by atoms with Crippen molar-refractivity contribution in [2.24, 2.45) is 0 Å². The van der Waals surface area contributed by atoms with E-state index in [4.69, 9.17) is 4.74 Å². The molecule has 4 nitrogen and oxygen atoms in total. The average Bonchev–Trinajstić information content (AvgIpc) is 2.56. The van der Waals surface area contributed by atoms with Crippen molar-refractivity contribution in [2.75, 3.05) is 31.6 Å². The molecule has 1 heterocycles.